The molecule has 1 amide bonds. The summed E-state index contributed by atoms with van der Waals surface area (Å²) >= 11 is 0. The van der Waals surface area contributed by atoms with Crippen LogP contribution in [0.4, 0.5) is 0 Å². The van der Waals surface area contributed by atoms with Crippen LogP contribution in [0.3, 0.4) is 0 Å². The average molecular weight is 294 g/mol. The van der Waals surface area contributed by atoms with E-state index >= 15 is 0 Å². The molecule has 3 fully saturated rings. The Morgan fingerprint density at radius 1 is 1.38 bits per heavy atom. The molecule has 0 bridgehead atoms. The van der Waals surface area contributed by atoms with Gasteiger partial charge in [-0.05, 0) is 58.0 Å². The maximum Gasteiger partial charge on any atom is 0.220 e. The minimum absolute atomic E-state index is 0.258. The highest BCUT2D eigenvalue weighted by molar-refractivity contribution is 5.76. The molecular formula is C17H30N2O2. The van der Waals surface area contributed by atoms with Gasteiger partial charge in [-0.2, -0.15) is 0 Å². The van der Waals surface area contributed by atoms with Gasteiger partial charge in [0.05, 0.1) is 6.10 Å². The molecule has 120 valence electrons. The summed E-state index contributed by atoms with van der Waals surface area (Å²) in [6.07, 6.45) is 9.41. The lowest BCUT2D eigenvalue weighted by Gasteiger charge is -2.54. The average Bonchev–Trinajstić information content (AvgIpc) is 3.16. The van der Waals surface area contributed by atoms with Crippen molar-refractivity contribution < 1.29 is 9.53 Å². The van der Waals surface area contributed by atoms with Crippen LogP contribution in [0.2, 0.25) is 0 Å². The number of carbonyl (C=O) groups excluding carboxylic acids is 1. The molecule has 3 atom stereocenters. The first-order valence-corrected chi connectivity index (χ1v) is 8.86. The van der Waals surface area contributed by atoms with Crippen molar-refractivity contribution in [1.29, 1.82) is 0 Å². The highest BCUT2D eigenvalue weighted by Crippen LogP contribution is 2.54. The van der Waals surface area contributed by atoms with E-state index < -0.39 is 0 Å². The number of rotatable bonds is 6. The molecule has 2 aliphatic carbocycles. The molecular weight excluding hydrogens is 264 g/mol. The smallest absolute Gasteiger partial charge is 0.220 e. The largest absolute Gasteiger partial charge is 0.378 e. The Hall–Kier alpha value is -0.610. The summed E-state index contributed by atoms with van der Waals surface area (Å²) in [7, 11) is 0. The first kappa shape index (κ1) is 15.3. The predicted octanol–water partition coefficient (Wildman–Crippen LogP) is 2.23. The molecule has 1 aliphatic heterocycles. The highest BCUT2D eigenvalue weighted by Gasteiger charge is 2.57. The van der Waals surface area contributed by atoms with E-state index in [1.807, 2.05) is 0 Å². The summed E-state index contributed by atoms with van der Waals surface area (Å²) in [4.78, 5) is 12.2. The maximum atomic E-state index is 12.2. The minimum atomic E-state index is 0.258. The van der Waals surface area contributed by atoms with Crippen molar-refractivity contribution in [1.82, 2.24) is 10.6 Å². The number of nitrogens with one attached hydrogen (secondary N) is 2. The monoisotopic (exact) mass is 294 g/mol. The molecule has 1 spiro atoms. The molecule has 2 saturated carbocycles. The Morgan fingerprint density at radius 2 is 2.19 bits per heavy atom. The molecule has 0 radical (unpaired) electrons. The molecule has 1 saturated heterocycles. The van der Waals surface area contributed by atoms with Crippen molar-refractivity contribution in [2.75, 3.05) is 19.7 Å². The first-order chi connectivity index (χ1) is 10.2. The second-order valence-electron chi connectivity index (χ2n) is 7.14. The van der Waals surface area contributed by atoms with Gasteiger partial charge < -0.3 is 15.4 Å². The van der Waals surface area contributed by atoms with Crippen molar-refractivity contribution in [3.05, 3.63) is 0 Å². The molecule has 0 aromatic carbocycles. The third kappa shape index (κ3) is 3.11. The van der Waals surface area contributed by atoms with Crippen LogP contribution in [0, 0.1) is 11.3 Å². The van der Waals surface area contributed by atoms with E-state index in [4.69, 9.17) is 4.74 Å². The Morgan fingerprint density at radius 3 is 2.86 bits per heavy atom. The SMILES string of the molecule is CCOC1CC(NC(=O)CCC2CCNC2)C12CCCC2. The molecule has 4 heteroatoms. The fourth-order valence-electron chi connectivity index (χ4n) is 4.65. The zero-order valence-electron chi connectivity index (χ0n) is 13.3. The molecule has 0 aromatic heterocycles. The van der Waals surface area contributed by atoms with E-state index in [-0.39, 0.29) is 11.3 Å². The molecule has 4 nitrogen and oxygen atoms in total. The van der Waals surface area contributed by atoms with Gasteiger partial charge in [-0.1, -0.05) is 12.8 Å². The molecule has 3 unspecified atom stereocenters. The van der Waals surface area contributed by atoms with E-state index in [0.29, 0.717) is 24.5 Å². The zero-order chi connectivity index (χ0) is 14.7. The van der Waals surface area contributed by atoms with Crippen molar-refractivity contribution in [2.24, 2.45) is 11.3 Å². The standard InChI is InChI=1S/C17H30N2O2/c1-2-21-15-11-14(17(15)8-3-4-9-17)19-16(20)6-5-13-7-10-18-12-13/h13-15,18H,2-12H2,1H3,(H,19,20). The third-order valence-corrected chi connectivity index (χ3v) is 5.96. The van der Waals surface area contributed by atoms with E-state index in [2.05, 4.69) is 17.6 Å². The lowest BCUT2D eigenvalue weighted by atomic mass is 9.60. The molecule has 2 N–H and O–H groups in total. The van der Waals surface area contributed by atoms with Gasteiger partial charge in [-0.15, -0.1) is 0 Å². The van der Waals surface area contributed by atoms with Crippen molar-refractivity contribution in [3.63, 3.8) is 0 Å². The summed E-state index contributed by atoms with van der Waals surface area (Å²) in [5.74, 6) is 0.960. The molecule has 3 rings (SSSR count). The van der Waals surface area contributed by atoms with Crippen molar-refractivity contribution >= 4 is 5.91 Å². The van der Waals surface area contributed by atoms with Gasteiger partial charge in [0.15, 0.2) is 0 Å². The number of carbonyl (C=O) groups is 1. The fraction of sp³-hybridized carbons (Fsp3) is 0.941. The van der Waals surface area contributed by atoms with Crippen molar-refractivity contribution in [2.45, 2.75) is 70.4 Å². The summed E-state index contributed by atoms with van der Waals surface area (Å²) in [6.45, 7) is 5.08. The maximum absolute atomic E-state index is 12.2. The topological polar surface area (TPSA) is 50.4 Å². The first-order valence-electron chi connectivity index (χ1n) is 8.86. The quantitative estimate of drug-likeness (QED) is 0.790. The minimum Gasteiger partial charge on any atom is -0.378 e. The van der Waals surface area contributed by atoms with Crippen LogP contribution in [0.1, 0.15) is 58.3 Å². The van der Waals surface area contributed by atoms with Crippen LogP contribution in [0.5, 0.6) is 0 Å². The normalized spacial score (nSPS) is 34.0. The predicted molar refractivity (Wildman–Crippen MR) is 83.1 cm³/mol. The van der Waals surface area contributed by atoms with E-state index in [1.165, 1.54) is 32.1 Å². The molecule has 1 heterocycles. The number of hydrogen-bond donors (Lipinski definition) is 2. The van der Waals surface area contributed by atoms with Crippen LogP contribution in [-0.2, 0) is 9.53 Å². The Kier molecular flexibility index (Phi) is 4.85. The Labute approximate surface area is 128 Å². The van der Waals surface area contributed by atoms with Gasteiger partial charge in [0.2, 0.25) is 5.91 Å². The van der Waals surface area contributed by atoms with Gasteiger partial charge in [0.1, 0.15) is 0 Å². The molecule has 3 aliphatic rings. The van der Waals surface area contributed by atoms with Crippen LogP contribution in [0.25, 0.3) is 0 Å². The zero-order valence-corrected chi connectivity index (χ0v) is 13.3. The van der Waals surface area contributed by atoms with E-state index in [0.717, 1.165) is 32.5 Å². The summed E-state index contributed by atoms with van der Waals surface area (Å²) < 4.78 is 5.91. The Balaban J connectivity index is 1.46. The fourth-order valence-corrected chi connectivity index (χ4v) is 4.65. The van der Waals surface area contributed by atoms with Gasteiger partial charge in [-0.25, -0.2) is 0 Å². The van der Waals surface area contributed by atoms with Gasteiger partial charge >= 0.3 is 0 Å². The van der Waals surface area contributed by atoms with E-state index in [9.17, 15) is 4.79 Å². The van der Waals surface area contributed by atoms with Gasteiger partial charge in [0, 0.05) is 24.5 Å². The number of ether oxygens (including phenoxy) is 1. The molecule has 21 heavy (non-hydrogen) atoms. The Bertz CT molecular complexity index is 360. The van der Waals surface area contributed by atoms with Crippen LogP contribution in [0.15, 0.2) is 0 Å². The number of amides is 1. The molecule has 0 aromatic rings. The highest BCUT2D eigenvalue weighted by atomic mass is 16.5. The second kappa shape index (κ2) is 6.66. The van der Waals surface area contributed by atoms with Gasteiger partial charge in [0.25, 0.3) is 0 Å². The summed E-state index contributed by atoms with van der Waals surface area (Å²) in [5.41, 5.74) is 0.264. The van der Waals surface area contributed by atoms with Crippen molar-refractivity contribution in [3.8, 4) is 0 Å². The second-order valence-corrected chi connectivity index (χ2v) is 7.14. The van der Waals surface area contributed by atoms with Crippen LogP contribution < -0.4 is 10.6 Å². The number of hydrogen-bond acceptors (Lipinski definition) is 3. The lowest BCUT2D eigenvalue weighted by Crippen LogP contribution is -2.63. The third-order valence-electron chi connectivity index (χ3n) is 5.96. The summed E-state index contributed by atoms with van der Waals surface area (Å²) in [6, 6.07) is 0.366. The van der Waals surface area contributed by atoms with E-state index in [1.54, 1.807) is 0 Å². The van der Waals surface area contributed by atoms with Gasteiger partial charge in [-0.3, -0.25) is 4.79 Å². The lowest BCUT2D eigenvalue weighted by molar-refractivity contribution is -0.144. The van der Waals surface area contributed by atoms with Crippen LogP contribution in [-0.4, -0.2) is 37.7 Å². The van der Waals surface area contributed by atoms with Crippen LogP contribution >= 0.6 is 0 Å². The summed E-state index contributed by atoms with van der Waals surface area (Å²) in [5, 5.41) is 6.69.